The van der Waals surface area contributed by atoms with Crippen molar-refractivity contribution in [1.82, 2.24) is 19.9 Å². The molecule has 0 bridgehead atoms. The van der Waals surface area contributed by atoms with Gasteiger partial charge in [-0.25, -0.2) is 13.9 Å². The molecular weight excluding hydrogens is 271 g/mol. The molecule has 2 aromatic heterocycles. The van der Waals surface area contributed by atoms with E-state index in [2.05, 4.69) is 15.4 Å². The zero-order valence-corrected chi connectivity index (χ0v) is 11.2. The molecule has 2 heterocycles. The summed E-state index contributed by atoms with van der Waals surface area (Å²) in [7, 11) is 0. The highest BCUT2D eigenvalue weighted by Gasteiger charge is 2.10. The van der Waals surface area contributed by atoms with Gasteiger partial charge in [-0.05, 0) is 30.2 Å². The van der Waals surface area contributed by atoms with Crippen LogP contribution < -0.4 is 5.32 Å². The molecule has 3 aromatic rings. The number of benzene rings is 1. The molecule has 0 aliphatic carbocycles. The Balaban J connectivity index is 1.64. The van der Waals surface area contributed by atoms with Crippen LogP contribution in [0.2, 0.25) is 0 Å². The second kappa shape index (κ2) is 5.70. The standard InChI is InChI=1S/C15H13FN4O/c16-12-3-1-11(2-4-12)5-8-18-15(21)13-6-9-17-14-7-10-19-20(13)14/h1-4,6-7,9-10H,5,8H2,(H,18,21). The quantitative estimate of drug-likeness (QED) is 0.795. The van der Waals surface area contributed by atoms with Crippen LogP contribution in [0.25, 0.3) is 5.65 Å². The molecule has 0 aliphatic rings. The average molecular weight is 284 g/mol. The molecule has 106 valence electrons. The normalized spacial score (nSPS) is 10.7. The molecule has 0 radical (unpaired) electrons. The van der Waals surface area contributed by atoms with E-state index in [4.69, 9.17) is 0 Å². The third-order valence-corrected chi connectivity index (χ3v) is 3.14. The largest absolute Gasteiger partial charge is 0.350 e. The van der Waals surface area contributed by atoms with Gasteiger partial charge < -0.3 is 5.32 Å². The third-order valence-electron chi connectivity index (χ3n) is 3.14. The Hall–Kier alpha value is -2.76. The van der Waals surface area contributed by atoms with E-state index in [1.54, 1.807) is 36.7 Å². The van der Waals surface area contributed by atoms with Gasteiger partial charge in [-0.3, -0.25) is 4.79 Å². The van der Waals surface area contributed by atoms with Crippen LogP contribution in [0.3, 0.4) is 0 Å². The maximum Gasteiger partial charge on any atom is 0.270 e. The minimum Gasteiger partial charge on any atom is -0.350 e. The molecule has 1 N–H and O–H groups in total. The van der Waals surface area contributed by atoms with E-state index >= 15 is 0 Å². The topological polar surface area (TPSA) is 59.3 Å². The van der Waals surface area contributed by atoms with Gasteiger partial charge in [-0.2, -0.15) is 5.10 Å². The van der Waals surface area contributed by atoms with Crippen molar-refractivity contribution in [3.8, 4) is 0 Å². The van der Waals surface area contributed by atoms with E-state index in [0.717, 1.165) is 5.56 Å². The minimum absolute atomic E-state index is 0.215. The molecule has 0 unspecified atom stereocenters. The summed E-state index contributed by atoms with van der Waals surface area (Å²) in [6.07, 6.45) is 3.81. The Bertz CT molecular complexity index is 767. The molecule has 0 saturated carbocycles. The Labute approximate surface area is 120 Å². The first kappa shape index (κ1) is 13.2. The number of halogens is 1. The van der Waals surface area contributed by atoms with Gasteiger partial charge in [0.25, 0.3) is 5.91 Å². The Morgan fingerprint density at radius 2 is 1.95 bits per heavy atom. The molecule has 5 nitrogen and oxygen atoms in total. The monoisotopic (exact) mass is 284 g/mol. The average Bonchev–Trinajstić information content (AvgIpc) is 2.97. The molecule has 0 spiro atoms. The van der Waals surface area contributed by atoms with Crippen LogP contribution >= 0.6 is 0 Å². The smallest absolute Gasteiger partial charge is 0.270 e. The molecular formula is C15H13FN4O. The van der Waals surface area contributed by atoms with Crippen molar-refractivity contribution in [1.29, 1.82) is 0 Å². The fourth-order valence-corrected chi connectivity index (χ4v) is 2.07. The van der Waals surface area contributed by atoms with Crippen LogP contribution in [-0.4, -0.2) is 27.0 Å². The molecule has 3 rings (SSSR count). The Morgan fingerprint density at radius 3 is 2.76 bits per heavy atom. The van der Waals surface area contributed by atoms with E-state index < -0.39 is 0 Å². The van der Waals surface area contributed by atoms with Gasteiger partial charge in [0, 0.05) is 18.8 Å². The van der Waals surface area contributed by atoms with E-state index in [0.29, 0.717) is 24.3 Å². The number of fused-ring (bicyclic) bond motifs is 1. The van der Waals surface area contributed by atoms with Gasteiger partial charge in [0.05, 0.1) is 6.20 Å². The van der Waals surface area contributed by atoms with Crippen LogP contribution in [-0.2, 0) is 6.42 Å². The molecule has 1 amide bonds. The van der Waals surface area contributed by atoms with E-state index in [-0.39, 0.29) is 11.7 Å². The summed E-state index contributed by atoms with van der Waals surface area (Å²) in [5.41, 5.74) is 2.03. The predicted molar refractivity (Wildman–Crippen MR) is 75.4 cm³/mol. The lowest BCUT2D eigenvalue weighted by molar-refractivity contribution is 0.0946. The zero-order chi connectivity index (χ0) is 14.7. The lowest BCUT2D eigenvalue weighted by atomic mass is 10.1. The van der Waals surface area contributed by atoms with Crippen LogP contribution in [0.1, 0.15) is 16.1 Å². The predicted octanol–water partition coefficient (Wildman–Crippen LogP) is 1.84. The fraction of sp³-hybridized carbons (Fsp3) is 0.133. The number of hydrogen-bond acceptors (Lipinski definition) is 3. The minimum atomic E-state index is -0.263. The maximum atomic E-state index is 12.8. The van der Waals surface area contributed by atoms with E-state index in [9.17, 15) is 9.18 Å². The van der Waals surface area contributed by atoms with Crippen molar-refractivity contribution < 1.29 is 9.18 Å². The van der Waals surface area contributed by atoms with Crippen LogP contribution in [0.5, 0.6) is 0 Å². The van der Waals surface area contributed by atoms with Crippen molar-refractivity contribution in [3.05, 3.63) is 65.9 Å². The van der Waals surface area contributed by atoms with Crippen molar-refractivity contribution in [2.45, 2.75) is 6.42 Å². The highest BCUT2D eigenvalue weighted by molar-refractivity contribution is 5.92. The maximum absolute atomic E-state index is 12.8. The van der Waals surface area contributed by atoms with Gasteiger partial charge in [-0.15, -0.1) is 0 Å². The van der Waals surface area contributed by atoms with Crippen LogP contribution in [0.4, 0.5) is 4.39 Å². The summed E-state index contributed by atoms with van der Waals surface area (Å²) in [6, 6.07) is 9.59. The number of rotatable bonds is 4. The highest BCUT2D eigenvalue weighted by Crippen LogP contribution is 2.04. The molecule has 1 aromatic carbocycles. The second-order valence-electron chi connectivity index (χ2n) is 4.56. The number of aromatic nitrogens is 3. The van der Waals surface area contributed by atoms with Crippen LogP contribution in [0.15, 0.2) is 48.8 Å². The van der Waals surface area contributed by atoms with Gasteiger partial charge >= 0.3 is 0 Å². The molecule has 6 heteroatoms. The second-order valence-corrected chi connectivity index (χ2v) is 4.56. The fourth-order valence-electron chi connectivity index (χ4n) is 2.07. The molecule has 0 aliphatic heterocycles. The summed E-state index contributed by atoms with van der Waals surface area (Å²) >= 11 is 0. The number of nitrogens with zero attached hydrogens (tertiary/aromatic N) is 3. The first-order valence-corrected chi connectivity index (χ1v) is 6.55. The zero-order valence-electron chi connectivity index (χ0n) is 11.2. The summed E-state index contributed by atoms with van der Waals surface area (Å²) in [6.45, 7) is 0.468. The number of carbonyl (C=O) groups is 1. The van der Waals surface area contributed by atoms with Gasteiger partial charge in [0.2, 0.25) is 0 Å². The van der Waals surface area contributed by atoms with Gasteiger partial charge in [0.15, 0.2) is 5.65 Å². The number of carbonyl (C=O) groups excluding carboxylic acids is 1. The first-order chi connectivity index (χ1) is 10.2. The first-order valence-electron chi connectivity index (χ1n) is 6.55. The Kier molecular flexibility index (Phi) is 3.59. The Morgan fingerprint density at radius 1 is 1.14 bits per heavy atom. The number of hydrogen-bond donors (Lipinski definition) is 1. The molecule has 0 saturated heterocycles. The van der Waals surface area contributed by atoms with Crippen molar-refractivity contribution in [2.75, 3.05) is 6.54 Å². The number of amides is 1. The number of nitrogens with one attached hydrogen (secondary N) is 1. The third kappa shape index (κ3) is 2.89. The summed E-state index contributed by atoms with van der Waals surface area (Å²) < 4.78 is 14.3. The van der Waals surface area contributed by atoms with Crippen molar-refractivity contribution >= 4 is 11.6 Å². The van der Waals surface area contributed by atoms with Crippen LogP contribution in [0, 0.1) is 5.82 Å². The SMILES string of the molecule is O=C(NCCc1ccc(F)cc1)c1ccnc2ccnn12. The molecule has 21 heavy (non-hydrogen) atoms. The molecule has 0 atom stereocenters. The van der Waals surface area contributed by atoms with E-state index in [1.807, 2.05) is 0 Å². The van der Waals surface area contributed by atoms with Crippen molar-refractivity contribution in [3.63, 3.8) is 0 Å². The highest BCUT2D eigenvalue weighted by atomic mass is 19.1. The lowest BCUT2D eigenvalue weighted by Gasteiger charge is -2.06. The van der Waals surface area contributed by atoms with Gasteiger partial charge in [0.1, 0.15) is 11.5 Å². The molecule has 0 fully saturated rings. The summed E-state index contributed by atoms with van der Waals surface area (Å²) in [5, 5.41) is 6.89. The lowest BCUT2D eigenvalue weighted by Crippen LogP contribution is -2.27. The summed E-state index contributed by atoms with van der Waals surface area (Å²) in [5.74, 6) is -0.478. The summed E-state index contributed by atoms with van der Waals surface area (Å²) in [4.78, 5) is 16.2. The van der Waals surface area contributed by atoms with Crippen molar-refractivity contribution in [2.24, 2.45) is 0 Å². The van der Waals surface area contributed by atoms with E-state index in [1.165, 1.54) is 16.6 Å². The van der Waals surface area contributed by atoms with Gasteiger partial charge in [-0.1, -0.05) is 12.1 Å².